The Hall–Kier alpha value is -3.20. The van der Waals surface area contributed by atoms with Gasteiger partial charge in [0.05, 0.1) is 30.7 Å². The molecule has 0 fully saturated rings. The summed E-state index contributed by atoms with van der Waals surface area (Å²) in [5.41, 5.74) is 2.36. The Balaban J connectivity index is 1.76. The van der Waals surface area contributed by atoms with Gasteiger partial charge in [0.25, 0.3) is 0 Å². The minimum Gasteiger partial charge on any atom is -0.496 e. The molecule has 1 aromatic heterocycles. The highest BCUT2D eigenvalue weighted by molar-refractivity contribution is 8.00. The van der Waals surface area contributed by atoms with Gasteiger partial charge in [-0.2, -0.15) is 0 Å². The lowest BCUT2D eigenvalue weighted by molar-refractivity contribution is -0.115. The van der Waals surface area contributed by atoms with E-state index >= 15 is 0 Å². The summed E-state index contributed by atoms with van der Waals surface area (Å²) >= 11 is 1.21. The van der Waals surface area contributed by atoms with Gasteiger partial charge in [0.2, 0.25) is 11.1 Å². The molecular formula is C20H23N5O3S. The zero-order valence-corrected chi connectivity index (χ0v) is 17.5. The molecule has 0 aliphatic rings. The molecule has 1 unspecified atom stereocenters. The molecule has 3 aromatic rings. The van der Waals surface area contributed by atoms with E-state index in [0.29, 0.717) is 28.2 Å². The normalized spacial score (nSPS) is 11.7. The summed E-state index contributed by atoms with van der Waals surface area (Å²) in [4.78, 5) is 12.7. The van der Waals surface area contributed by atoms with Crippen molar-refractivity contribution in [1.82, 2.24) is 14.9 Å². The second kappa shape index (κ2) is 8.87. The Labute approximate surface area is 173 Å². The van der Waals surface area contributed by atoms with E-state index in [2.05, 4.69) is 15.5 Å². The SMILES string of the molecule is COc1ccc(C)cc1NC(=O)C(C)Sc1nnc(-c2ccccc2OC)n1N. The topological polar surface area (TPSA) is 104 Å². The van der Waals surface area contributed by atoms with E-state index in [0.717, 1.165) is 11.1 Å². The smallest absolute Gasteiger partial charge is 0.237 e. The molecule has 8 nitrogen and oxygen atoms in total. The lowest BCUT2D eigenvalue weighted by atomic mass is 10.2. The Morgan fingerprint density at radius 2 is 1.86 bits per heavy atom. The van der Waals surface area contributed by atoms with Gasteiger partial charge in [-0.1, -0.05) is 30.0 Å². The Morgan fingerprint density at radius 1 is 1.14 bits per heavy atom. The zero-order chi connectivity index (χ0) is 21.0. The number of para-hydroxylation sites is 1. The van der Waals surface area contributed by atoms with Gasteiger partial charge in [-0.3, -0.25) is 4.79 Å². The maximum Gasteiger partial charge on any atom is 0.237 e. The number of benzene rings is 2. The third-order valence-corrected chi connectivity index (χ3v) is 5.33. The van der Waals surface area contributed by atoms with Crippen LogP contribution < -0.4 is 20.6 Å². The number of hydrogen-bond donors (Lipinski definition) is 2. The largest absolute Gasteiger partial charge is 0.496 e. The summed E-state index contributed by atoms with van der Waals surface area (Å²) in [7, 11) is 3.15. The maximum atomic E-state index is 12.7. The van der Waals surface area contributed by atoms with Gasteiger partial charge in [-0.05, 0) is 43.7 Å². The lowest BCUT2D eigenvalue weighted by Crippen LogP contribution is -2.24. The number of nitrogens with zero attached hydrogens (tertiary/aromatic N) is 3. The van der Waals surface area contributed by atoms with Crippen LogP contribution >= 0.6 is 11.8 Å². The third-order valence-electron chi connectivity index (χ3n) is 4.28. The molecular weight excluding hydrogens is 390 g/mol. The highest BCUT2D eigenvalue weighted by Crippen LogP contribution is 2.31. The number of methoxy groups -OCH3 is 2. The monoisotopic (exact) mass is 413 g/mol. The molecule has 0 aliphatic carbocycles. The highest BCUT2D eigenvalue weighted by atomic mass is 32.2. The third kappa shape index (κ3) is 4.45. The number of nitrogens with one attached hydrogen (secondary N) is 1. The molecule has 0 saturated carbocycles. The number of thioether (sulfide) groups is 1. The Bertz CT molecular complexity index is 1020. The number of rotatable bonds is 7. The first-order valence-electron chi connectivity index (χ1n) is 8.90. The number of aryl methyl sites for hydroxylation is 1. The van der Waals surface area contributed by atoms with Gasteiger partial charge in [0, 0.05) is 0 Å². The number of anilines is 1. The first-order chi connectivity index (χ1) is 13.9. The molecule has 3 rings (SSSR count). The van der Waals surface area contributed by atoms with Crippen LogP contribution in [0.25, 0.3) is 11.4 Å². The van der Waals surface area contributed by atoms with Crippen LogP contribution in [-0.2, 0) is 4.79 Å². The number of aromatic nitrogens is 3. The first-order valence-corrected chi connectivity index (χ1v) is 9.78. The second-order valence-electron chi connectivity index (χ2n) is 6.33. The maximum absolute atomic E-state index is 12.7. The molecule has 0 bridgehead atoms. The van der Waals surface area contributed by atoms with Crippen molar-refractivity contribution in [2.45, 2.75) is 24.3 Å². The fraction of sp³-hybridized carbons (Fsp3) is 0.250. The molecule has 2 aromatic carbocycles. The molecule has 0 saturated heterocycles. The van der Waals surface area contributed by atoms with Gasteiger partial charge >= 0.3 is 0 Å². The number of amides is 1. The molecule has 1 amide bonds. The van der Waals surface area contributed by atoms with Crippen molar-refractivity contribution >= 4 is 23.4 Å². The van der Waals surface area contributed by atoms with E-state index in [1.807, 2.05) is 49.4 Å². The predicted octanol–water partition coefficient (Wildman–Crippen LogP) is 3.10. The van der Waals surface area contributed by atoms with Crippen LogP contribution in [-0.4, -0.2) is 40.3 Å². The van der Waals surface area contributed by atoms with Crippen LogP contribution in [0, 0.1) is 6.92 Å². The molecule has 152 valence electrons. The molecule has 0 aliphatic heterocycles. The fourth-order valence-corrected chi connectivity index (χ4v) is 3.51. The van der Waals surface area contributed by atoms with E-state index in [4.69, 9.17) is 15.3 Å². The van der Waals surface area contributed by atoms with Crippen LogP contribution in [0.15, 0.2) is 47.6 Å². The van der Waals surface area contributed by atoms with Crippen molar-refractivity contribution in [3.8, 4) is 22.9 Å². The van der Waals surface area contributed by atoms with Crippen LogP contribution in [0.2, 0.25) is 0 Å². The standard InChI is InChI=1S/C20H23N5O3S/c1-12-9-10-17(28-4)15(11-12)22-19(26)13(2)29-20-24-23-18(25(20)21)14-7-5-6-8-16(14)27-3/h5-11,13H,21H2,1-4H3,(H,22,26). The number of hydrogen-bond acceptors (Lipinski definition) is 7. The van der Waals surface area contributed by atoms with E-state index < -0.39 is 5.25 Å². The minimum atomic E-state index is -0.461. The van der Waals surface area contributed by atoms with Crippen molar-refractivity contribution in [3.63, 3.8) is 0 Å². The Morgan fingerprint density at radius 3 is 2.59 bits per heavy atom. The number of nitrogens with two attached hydrogens (primary N) is 1. The first kappa shape index (κ1) is 20.5. The van der Waals surface area contributed by atoms with Crippen LogP contribution in [0.1, 0.15) is 12.5 Å². The number of carbonyl (C=O) groups is 1. The molecule has 1 atom stereocenters. The van der Waals surface area contributed by atoms with E-state index in [9.17, 15) is 4.79 Å². The van der Waals surface area contributed by atoms with Gasteiger partial charge in [0.15, 0.2) is 5.82 Å². The summed E-state index contributed by atoms with van der Waals surface area (Å²) in [6.07, 6.45) is 0. The quantitative estimate of drug-likeness (QED) is 0.453. The number of nitrogen functional groups attached to an aromatic ring is 1. The minimum absolute atomic E-state index is 0.194. The average molecular weight is 414 g/mol. The number of carbonyl (C=O) groups excluding carboxylic acids is 1. The zero-order valence-electron chi connectivity index (χ0n) is 16.7. The van der Waals surface area contributed by atoms with Crippen LogP contribution in [0.3, 0.4) is 0 Å². The van der Waals surface area contributed by atoms with Gasteiger partial charge in [-0.25, -0.2) is 4.68 Å². The van der Waals surface area contributed by atoms with Crippen molar-refractivity contribution < 1.29 is 14.3 Å². The van der Waals surface area contributed by atoms with Crippen LogP contribution in [0.4, 0.5) is 5.69 Å². The summed E-state index contributed by atoms with van der Waals surface area (Å²) in [6, 6.07) is 13.0. The van der Waals surface area contributed by atoms with Crippen LogP contribution in [0.5, 0.6) is 11.5 Å². The van der Waals surface area contributed by atoms with E-state index in [1.165, 1.54) is 16.4 Å². The highest BCUT2D eigenvalue weighted by Gasteiger charge is 2.22. The summed E-state index contributed by atoms with van der Waals surface area (Å²) in [6.45, 7) is 3.73. The summed E-state index contributed by atoms with van der Waals surface area (Å²) in [5, 5.41) is 11.2. The summed E-state index contributed by atoms with van der Waals surface area (Å²) in [5.74, 6) is 7.69. The van der Waals surface area contributed by atoms with Crippen molar-refractivity contribution in [1.29, 1.82) is 0 Å². The molecule has 3 N–H and O–H groups in total. The van der Waals surface area contributed by atoms with Crippen molar-refractivity contribution in [2.75, 3.05) is 25.4 Å². The van der Waals surface area contributed by atoms with Crippen molar-refractivity contribution in [3.05, 3.63) is 48.0 Å². The number of ether oxygens (including phenoxy) is 2. The van der Waals surface area contributed by atoms with E-state index in [-0.39, 0.29) is 5.91 Å². The van der Waals surface area contributed by atoms with E-state index in [1.54, 1.807) is 21.1 Å². The second-order valence-corrected chi connectivity index (χ2v) is 7.64. The van der Waals surface area contributed by atoms with Gasteiger partial charge in [0.1, 0.15) is 11.5 Å². The molecule has 29 heavy (non-hydrogen) atoms. The Kier molecular flexibility index (Phi) is 6.28. The fourth-order valence-electron chi connectivity index (χ4n) is 2.74. The molecule has 0 spiro atoms. The van der Waals surface area contributed by atoms with Crippen molar-refractivity contribution in [2.24, 2.45) is 0 Å². The molecule has 9 heteroatoms. The van der Waals surface area contributed by atoms with Gasteiger partial charge < -0.3 is 20.6 Å². The lowest BCUT2D eigenvalue weighted by Gasteiger charge is -2.14. The summed E-state index contributed by atoms with van der Waals surface area (Å²) < 4.78 is 12.0. The molecule has 0 radical (unpaired) electrons. The van der Waals surface area contributed by atoms with Gasteiger partial charge in [-0.15, -0.1) is 10.2 Å². The predicted molar refractivity (Wildman–Crippen MR) is 114 cm³/mol. The molecule has 1 heterocycles. The average Bonchev–Trinajstić information content (AvgIpc) is 3.08.